The Morgan fingerprint density at radius 3 is 2.29 bits per heavy atom. The highest BCUT2D eigenvalue weighted by Gasteiger charge is 2.30. The van der Waals surface area contributed by atoms with Crippen molar-refractivity contribution in [2.24, 2.45) is 5.92 Å². The van der Waals surface area contributed by atoms with Crippen molar-refractivity contribution in [1.29, 1.82) is 0 Å². The summed E-state index contributed by atoms with van der Waals surface area (Å²) in [5.41, 5.74) is 2.65. The number of amides is 2. The Kier molecular flexibility index (Phi) is 6.37. The lowest BCUT2D eigenvalue weighted by atomic mass is 10.0. The monoisotopic (exact) mass is 331 g/mol. The van der Waals surface area contributed by atoms with Gasteiger partial charge in [0.15, 0.2) is 0 Å². The molecule has 132 valence electrons. The molecule has 1 saturated heterocycles. The van der Waals surface area contributed by atoms with Crippen LogP contribution in [0.3, 0.4) is 0 Å². The van der Waals surface area contributed by atoms with Crippen LogP contribution >= 0.6 is 0 Å². The molecule has 1 heterocycles. The Morgan fingerprint density at radius 2 is 1.75 bits per heavy atom. The molecule has 1 aromatic rings. The summed E-state index contributed by atoms with van der Waals surface area (Å²) in [6.45, 7) is 11.6. The van der Waals surface area contributed by atoms with Crippen molar-refractivity contribution in [3.05, 3.63) is 35.4 Å². The second-order valence-corrected chi connectivity index (χ2v) is 6.95. The van der Waals surface area contributed by atoms with Crippen molar-refractivity contribution in [1.82, 2.24) is 15.1 Å². The van der Waals surface area contributed by atoms with Crippen LogP contribution < -0.4 is 5.32 Å². The molecule has 0 spiro atoms. The summed E-state index contributed by atoms with van der Waals surface area (Å²) in [6, 6.07) is 8.01. The summed E-state index contributed by atoms with van der Waals surface area (Å²) in [4.78, 5) is 28.3. The van der Waals surface area contributed by atoms with Gasteiger partial charge in [-0.3, -0.25) is 14.5 Å². The van der Waals surface area contributed by atoms with Crippen LogP contribution in [0.5, 0.6) is 0 Å². The van der Waals surface area contributed by atoms with Gasteiger partial charge >= 0.3 is 0 Å². The van der Waals surface area contributed by atoms with Crippen LogP contribution in [0, 0.1) is 12.8 Å². The van der Waals surface area contributed by atoms with Crippen molar-refractivity contribution in [3.8, 4) is 0 Å². The highest BCUT2D eigenvalue weighted by Crippen LogP contribution is 2.14. The Labute approximate surface area is 145 Å². The van der Waals surface area contributed by atoms with Crippen molar-refractivity contribution < 1.29 is 9.59 Å². The zero-order valence-electron chi connectivity index (χ0n) is 15.2. The molecule has 1 atom stereocenters. The number of carbonyl (C=O) groups is 2. The van der Waals surface area contributed by atoms with E-state index in [1.165, 1.54) is 18.1 Å². The number of nitrogens with zero attached hydrogens (tertiary/aromatic N) is 2. The quantitative estimate of drug-likeness (QED) is 0.895. The van der Waals surface area contributed by atoms with Crippen molar-refractivity contribution in [2.45, 2.75) is 40.3 Å². The molecular formula is C19H29N3O2. The molecular weight excluding hydrogens is 302 g/mol. The number of rotatable bonds is 5. The molecule has 2 rings (SSSR count). The van der Waals surface area contributed by atoms with E-state index in [-0.39, 0.29) is 17.7 Å². The van der Waals surface area contributed by atoms with E-state index < -0.39 is 6.04 Å². The van der Waals surface area contributed by atoms with E-state index in [0.717, 1.165) is 19.6 Å². The van der Waals surface area contributed by atoms with Crippen molar-refractivity contribution in [3.63, 3.8) is 0 Å². The standard InChI is InChI=1S/C19H29N3O2/c1-14(2)18(20-16(4)23)19(24)22-11-9-21(10-12-22)13-17-8-6-5-7-15(17)3/h5-8,14,18H,9-13H2,1-4H3,(H,20,23). The van der Waals surface area contributed by atoms with E-state index in [9.17, 15) is 9.59 Å². The van der Waals surface area contributed by atoms with Crippen LogP contribution in [0.4, 0.5) is 0 Å². The first-order chi connectivity index (χ1) is 11.4. The van der Waals surface area contributed by atoms with Crippen LogP contribution in [0.1, 0.15) is 31.9 Å². The molecule has 1 aliphatic heterocycles. The molecule has 1 aliphatic rings. The molecule has 1 unspecified atom stereocenters. The molecule has 5 nitrogen and oxygen atoms in total. The zero-order chi connectivity index (χ0) is 17.7. The van der Waals surface area contributed by atoms with E-state index in [4.69, 9.17) is 0 Å². The van der Waals surface area contributed by atoms with Gasteiger partial charge in [-0.2, -0.15) is 0 Å². The highest BCUT2D eigenvalue weighted by atomic mass is 16.2. The van der Waals surface area contributed by atoms with Crippen LogP contribution in [-0.4, -0.2) is 53.8 Å². The van der Waals surface area contributed by atoms with E-state index >= 15 is 0 Å². The molecule has 1 aromatic carbocycles. The minimum atomic E-state index is -0.426. The number of hydrogen-bond acceptors (Lipinski definition) is 3. The van der Waals surface area contributed by atoms with E-state index in [1.807, 2.05) is 18.7 Å². The molecule has 0 saturated carbocycles. The first-order valence-corrected chi connectivity index (χ1v) is 8.71. The molecule has 0 aliphatic carbocycles. The fraction of sp³-hybridized carbons (Fsp3) is 0.579. The van der Waals surface area contributed by atoms with Gasteiger partial charge < -0.3 is 10.2 Å². The highest BCUT2D eigenvalue weighted by molar-refractivity contribution is 5.87. The number of benzene rings is 1. The van der Waals surface area contributed by atoms with Crippen molar-refractivity contribution >= 4 is 11.8 Å². The fourth-order valence-corrected chi connectivity index (χ4v) is 3.08. The number of nitrogens with one attached hydrogen (secondary N) is 1. The smallest absolute Gasteiger partial charge is 0.245 e. The second kappa shape index (κ2) is 8.29. The average molecular weight is 331 g/mol. The molecule has 24 heavy (non-hydrogen) atoms. The van der Waals surface area contributed by atoms with E-state index in [1.54, 1.807) is 0 Å². The maximum absolute atomic E-state index is 12.7. The molecule has 1 N–H and O–H groups in total. The maximum Gasteiger partial charge on any atom is 0.245 e. The Bertz CT molecular complexity index is 578. The zero-order valence-corrected chi connectivity index (χ0v) is 15.2. The lowest BCUT2D eigenvalue weighted by Gasteiger charge is -2.37. The summed E-state index contributed by atoms with van der Waals surface area (Å²) in [5, 5.41) is 2.79. The normalized spacial score (nSPS) is 17.0. The van der Waals surface area contributed by atoms with Gasteiger partial charge in [-0.25, -0.2) is 0 Å². The Hall–Kier alpha value is -1.88. The molecule has 5 heteroatoms. The summed E-state index contributed by atoms with van der Waals surface area (Å²) in [7, 11) is 0. The molecule has 0 radical (unpaired) electrons. The number of carbonyl (C=O) groups excluding carboxylic acids is 2. The molecule has 2 amide bonds. The van der Waals surface area contributed by atoms with Crippen molar-refractivity contribution in [2.75, 3.05) is 26.2 Å². The van der Waals surface area contributed by atoms with Gasteiger partial charge in [0, 0.05) is 39.6 Å². The number of aryl methyl sites for hydroxylation is 1. The average Bonchev–Trinajstić information content (AvgIpc) is 2.54. The van der Waals surface area contributed by atoms with Crippen LogP contribution in [0.15, 0.2) is 24.3 Å². The Morgan fingerprint density at radius 1 is 1.12 bits per heavy atom. The van der Waals surface area contributed by atoms with E-state index in [0.29, 0.717) is 13.1 Å². The van der Waals surface area contributed by atoms with E-state index in [2.05, 4.69) is 41.4 Å². The fourth-order valence-electron chi connectivity index (χ4n) is 3.08. The van der Waals surface area contributed by atoms with Gasteiger partial charge in [-0.15, -0.1) is 0 Å². The van der Waals surface area contributed by atoms with Gasteiger partial charge in [0.1, 0.15) is 6.04 Å². The summed E-state index contributed by atoms with van der Waals surface area (Å²) in [5.74, 6) is -0.0256. The minimum Gasteiger partial charge on any atom is -0.344 e. The number of piperazine rings is 1. The van der Waals surface area contributed by atoms with Gasteiger partial charge in [0.05, 0.1) is 0 Å². The molecule has 0 bridgehead atoms. The van der Waals surface area contributed by atoms with Crippen LogP contribution in [0.25, 0.3) is 0 Å². The topological polar surface area (TPSA) is 52.7 Å². The lowest BCUT2D eigenvalue weighted by molar-refractivity contribution is -0.138. The van der Waals surface area contributed by atoms with Crippen LogP contribution in [-0.2, 0) is 16.1 Å². The van der Waals surface area contributed by atoms with Gasteiger partial charge in [-0.05, 0) is 24.0 Å². The first-order valence-electron chi connectivity index (χ1n) is 8.71. The largest absolute Gasteiger partial charge is 0.344 e. The third-order valence-corrected chi connectivity index (χ3v) is 4.63. The summed E-state index contributed by atoms with van der Waals surface area (Å²) in [6.07, 6.45) is 0. The first kappa shape index (κ1) is 18.5. The molecule has 0 aromatic heterocycles. The SMILES string of the molecule is CC(=O)NC(C(=O)N1CCN(Cc2ccccc2C)CC1)C(C)C. The summed E-state index contributed by atoms with van der Waals surface area (Å²) < 4.78 is 0. The van der Waals surface area contributed by atoms with Gasteiger partial charge in [0.25, 0.3) is 0 Å². The second-order valence-electron chi connectivity index (χ2n) is 6.95. The lowest BCUT2D eigenvalue weighted by Crippen LogP contribution is -2.56. The third kappa shape index (κ3) is 4.81. The predicted molar refractivity (Wildman–Crippen MR) is 95.5 cm³/mol. The van der Waals surface area contributed by atoms with Gasteiger partial charge in [0.2, 0.25) is 11.8 Å². The molecule has 1 fully saturated rings. The maximum atomic E-state index is 12.7. The van der Waals surface area contributed by atoms with Crippen LogP contribution in [0.2, 0.25) is 0 Å². The third-order valence-electron chi connectivity index (χ3n) is 4.63. The number of hydrogen-bond donors (Lipinski definition) is 1. The van der Waals surface area contributed by atoms with Gasteiger partial charge in [-0.1, -0.05) is 38.1 Å². The Balaban J connectivity index is 1.90. The summed E-state index contributed by atoms with van der Waals surface area (Å²) >= 11 is 0. The minimum absolute atomic E-state index is 0.0377. The predicted octanol–water partition coefficient (Wildman–Crippen LogP) is 1.80.